The molecule has 0 bridgehead atoms. The number of halogens is 3. The van der Waals surface area contributed by atoms with Gasteiger partial charge in [-0.2, -0.15) is 0 Å². The minimum absolute atomic E-state index is 0.0965. The SMILES string of the molecule is Fc1ccc(Br)cc1CN1CCCC(CCBr)C1. The van der Waals surface area contributed by atoms with Crippen molar-refractivity contribution in [2.24, 2.45) is 5.92 Å². The van der Waals surface area contributed by atoms with Crippen LogP contribution in [0.5, 0.6) is 0 Å². The monoisotopic (exact) mass is 377 g/mol. The highest BCUT2D eigenvalue weighted by Crippen LogP contribution is 2.23. The van der Waals surface area contributed by atoms with Crippen molar-refractivity contribution < 1.29 is 4.39 Å². The van der Waals surface area contributed by atoms with Gasteiger partial charge in [0.15, 0.2) is 0 Å². The quantitative estimate of drug-likeness (QED) is 0.693. The van der Waals surface area contributed by atoms with E-state index in [-0.39, 0.29) is 5.82 Å². The molecule has 1 aromatic carbocycles. The summed E-state index contributed by atoms with van der Waals surface area (Å²) in [5, 5.41) is 1.07. The van der Waals surface area contributed by atoms with E-state index in [0.29, 0.717) is 0 Å². The maximum atomic E-state index is 13.7. The molecular formula is C14H18Br2FN. The van der Waals surface area contributed by atoms with E-state index in [1.807, 2.05) is 6.07 Å². The van der Waals surface area contributed by atoms with Gasteiger partial charge in [0.05, 0.1) is 0 Å². The van der Waals surface area contributed by atoms with E-state index in [1.165, 1.54) is 19.3 Å². The molecule has 1 heterocycles. The van der Waals surface area contributed by atoms with Gasteiger partial charge in [-0.15, -0.1) is 0 Å². The second kappa shape index (κ2) is 7.01. The van der Waals surface area contributed by atoms with Crippen molar-refractivity contribution in [1.29, 1.82) is 0 Å². The Morgan fingerprint density at radius 3 is 3.00 bits per heavy atom. The lowest BCUT2D eigenvalue weighted by Gasteiger charge is -2.32. The van der Waals surface area contributed by atoms with Gasteiger partial charge < -0.3 is 0 Å². The van der Waals surface area contributed by atoms with Crippen LogP contribution in [0.3, 0.4) is 0 Å². The summed E-state index contributed by atoms with van der Waals surface area (Å²) in [6.07, 6.45) is 3.76. The van der Waals surface area contributed by atoms with Crippen LogP contribution in [-0.4, -0.2) is 23.3 Å². The van der Waals surface area contributed by atoms with Gasteiger partial charge >= 0.3 is 0 Å². The molecular weight excluding hydrogens is 361 g/mol. The fraction of sp³-hybridized carbons (Fsp3) is 0.571. The molecule has 0 radical (unpaired) electrons. The van der Waals surface area contributed by atoms with E-state index in [9.17, 15) is 4.39 Å². The van der Waals surface area contributed by atoms with Crippen molar-refractivity contribution in [3.63, 3.8) is 0 Å². The number of hydrogen-bond acceptors (Lipinski definition) is 1. The van der Waals surface area contributed by atoms with Crippen LogP contribution in [0.15, 0.2) is 22.7 Å². The Morgan fingerprint density at radius 1 is 1.39 bits per heavy atom. The molecule has 1 aliphatic rings. The Labute approximate surface area is 125 Å². The summed E-state index contributed by atoms with van der Waals surface area (Å²) >= 11 is 6.91. The minimum atomic E-state index is -0.0965. The third-order valence-corrected chi connectivity index (χ3v) is 4.47. The highest BCUT2D eigenvalue weighted by molar-refractivity contribution is 9.10. The number of nitrogens with zero attached hydrogens (tertiary/aromatic N) is 1. The predicted molar refractivity (Wildman–Crippen MR) is 80.5 cm³/mol. The number of hydrogen-bond donors (Lipinski definition) is 0. The molecule has 0 amide bonds. The smallest absolute Gasteiger partial charge is 0.127 e. The van der Waals surface area contributed by atoms with E-state index in [2.05, 4.69) is 36.8 Å². The number of piperidine rings is 1. The first-order valence-electron chi connectivity index (χ1n) is 6.41. The zero-order valence-electron chi connectivity index (χ0n) is 10.3. The molecule has 0 aromatic heterocycles. The van der Waals surface area contributed by atoms with Crippen molar-refractivity contribution in [3.8, 4) is 0 Å². The highest BCUT2D eigenvalue weighted by Gasteiger charge is 2.20. The van der Waals surface area contributed by atoms with Crippen LogP contribution >= 0.6 is 31.9 Å². The molecule has 1 aromatic rings. The van der Waals surface area contributed by atoms with E-state index in [4.69, 9.17) is 0 Å². The third kappa shape index (κ3) is 4.04. The van der Waals surface area contributed by atoms with E-state index in [0.717, 1.165) is 40.9 Å². The van der Waals surface area contributed by atoms with Gasteiger partial charge in [-0.3, -0.25) is 4.90 Å². The standard InChI is InChI=1S/C14H18Br2FN/c15-6-5-11-2-1-7-18(9-11)10-12-8-13(16)3-4-14(12)17/h3-4,8,11H,1-2,5-7,9-10H2. The summed E-state index contributed by atoms with van der Waals surface area (Å²) in [5.41, 5.74) is 0.795. The van der Waals surface area contributed by atoms with Gasteiger partial charge in [0, 0.05) is 28.5 Å². The maximum Gasteiger partial charge on any atom is 0.127 e. The fourth-order valence-corrected chi connectivity index (χ4v) is 3.65. The molecule has 18 heavy (non-hydrogen) atoms. The average Bonchev–Trinajstić information content (AvgIpc) is 2.35. The lowest BCUT2D eigenvalue weighted by molar-refractivity contribution is 0.164. The Kier molecular flexibility index (Phi) is 5.64. The number of rotatable bonds is 4. The summed E-state index contributed by atoms with van der Waals surface area (Å²) in [6, 6.07) is 5.19. The van der Waals surface area contributed by atoms with Gasteiger partial charge in [-0.25, -0.2) is 4.39 Å². The second-order valence-corrected chi connectivity index (χ2v) is 6.67. The van der Waals surface area contributed by atoms with Crippen LogP contribution in [0.25, 0.3) is 0 Å². The lowest BCUT2D eigenvalue weighted by Crippen LogP contribution is -2.35. The first-order valence-corrected chi connectivity index (χ1v) is 8.32. The van der Waals surface area contributed by atoms with E-state index >= 15 is 0 Å². The maximum absolute atomic E-state index is 13.7. The Morgan fingerprint density at radius 2 is 2.22 bits per heavy atom. The lowest BCUT2D eigenvalue weighted by atomic mass is 9.95. The molecule has 1 aliphatic heterocycles. The zero-order chi connectivity index (χ0) is 13.0. The van der Waals surface area contributed by atoms with E-state index in [1.54, 1.807) is 12.1 Å². The number of likely N-dealkylation sites (tertiary alicyclic amines) is 1. The van der Waals surface area contributed by atoms with Crippen LogP contribution in [0, 0.1) is 11.7 Å². The molecule has 0 N–H and O–H groups in total. The Bertz CT molecular complexity index is 395. The van der Waals surface area contributed by atoms with E-state index < -0.39 is 0 Å². The fourth-order valence-electron chi connectivity index (χ4n) is 2.59. The summed E-state index contributed by atoms with van der Waals surface area (Å²) < 4.78 is 14.7. The molecule has 1 atom stereocenters. The van der Waals surface area contributed by atoms with Crippen molar-refractivity contribution in [1.82, 2.24) is 4.90 Å². The first kappa shape index (κ1) is 14.5. The summed E-state index contributed by atoms with van der Waals surface area (Å²) in [7, 11) is 0. The van der Waals surface area contributed by atoms with Crippen molar-refractivity contribution in [2.75, 3.05) is 18.4 Å². The van der Waals surface area contributed by atoms with Gasteiger partial charge in [-0.1, -0.05) is 31.9 Å². The summed E-state index contributed by atoms with van der Waals surface area (Å²) in [6.45, 7) is 2.91. The number of benzene rings is 1. The van der Waals surface area contributed by atoms with Crippen molar-refractivity contribution >= 4 is 31.9 Å². The predicted octanol–water partition coefficient (Wildman–Crippen LogP) is 4.59. The van der Waals surface area contributed by atoms with Crippen LogP contribution in [0.4, 0.5) is 4.39 Å². The largest absolute Gasteiger partial charge is 0.299 e. The number of alkyl halides is 1. The Balaban J connectivity index is 1.98. The molecule has 1 fully saturated rings. The summed E-state index contributed by atoms with van der Waals surface area (Å²) in [4.78, 5) is 2.38. The zero-order valence-corrected chi connectivity index (χ0v) is 13.5. The van der Waals surface area contributed by atoms with Crippen molar-refractivity contribution in [2.45, 2.75) is 25.8 Å². The van der Waals surface area contributed by atoms with Crippen LogP contribution in [0.2, 0.25) is 0 Å². The van der Waals surface area contributed by atoms with Gasteiger partial charge in [0.2, 0.25) is 0 Å². The third-order valence-electron chi connectivity index (χ3n) is 3.52. The van der Waals surface area contributed by atoms with Crippen LogP contribution in [0.1, 0.15) is 24.8 Å². The molecule has 0 saturated carbocycles. The molecule has 0 aliphatic carbocycles. The van der Waals surface area contributed by atoms with Gasteiger partial charge in [0.25, 0.3) is 0 Å². The Hall–Kier alpha value is 0.0700. The first-order chi connectivity index (χ1) is 8.69. The molecule has 4 heteroatoms. The van der Waals surface area contributed by atoms with Crippen molar-refractivity contribution in [3.05, 3.63) is 34.1 Å². The van der Waals surface area contributed by atoms with Gasteiger partial charge in [-0.05, 0) is 49.9 Å². The topological polar surface area (TPSA) is 3.24 Å². The molecule has 100 valence electrons. The van der Waals surface area contributed by atoms with Crippen LogP contribution < -0.4 is 0 Å². The normalized spacial score (nSPS) is 21.2. The molecule has 1 saturated heterocycles. The summed E-state index contributed by atoms with van der Waals surface area (Å²) in [5.74, 6) is 0.661. The molecule has 0 spiro atoms. The van der Waals surface area contributed by atoms with Gasteiger partial charge in [0.1, 0.15) is 5.82 Å². The molecule has 2 rings (SSSR count). The second-order valence-electron chi connectivity index (χ2n) is 4.96. The minimum Gasteiger partial charge on any atom is -0.299 e. The highest BCUT2D eigenvalue weighted by atomic mass is 79.9. The average molecular weight is 379 g/mol. The molecule has 1 unspecified atom stereocenters. The van der Waals surface area contributed by atoms with Crippen LogP contribution in [-0.2, 0) is 6.54 Å². The molecule has 1 nitrogen and oxygen atoms in total.